The third-order valence-electron chi connectivity index (χ3n) is 4.53. The van der Waals surface area contributed by atoms with Gasteiger partial charge in [-0.05, 0) is 17.7 Å². The summed E-state index contributed by atoms with van der Waals surface area (Å²) in [6, 6.07) is 18.0. The van der Waals surface area contributed by atoms with Gasteiger partial charge in [-0.25, -0.2) is 4.39 Å². The minimum atomic E-state index is -0.731. The van der Waals surface area contributed by atoms with E-state index in [-0.39, 0.29) is 18.1 Å². The van der Waals surface area contributed by atoms with Gasteiger partial charge in [-0.3, -0.25) is 9.69 Å². The molecule has 1 heterocycles. The number of benzene rings is 2. The maximum atomic E-state index is 13.9. The van der Waals surface area contributed by atoms with Gasteiger partial charge in [0.1, 0.15) is 11.7 Å². The molecular weight excluding hydrogens is 317 g/mol. The molecule has 5 heteroatoms. The third-order valence-corrected chi connectivity index (χ3v) is 4.53. The highest BCUT2D eigenvalue weighted by atomic mass is 19.1. The number of piperazine rings is 1. The molecule has 1 aliphatic heterocycles. The number of halogens is 1. The zero-order valence-corrected chi connectivity index (χ0v) is 13.9. The number of Topliss-reactive ketones (excluding diaryl/α,β-unsaturated/α-hetero) is 1. The molecule has 25 heavy (non-hydrogen) atoms. The van der Waals surface area contributed by atoms with Crippen LogP contribution < -0.4 is 4.90 Å². The zero-order valence-electron chi connectivity index (χ0n) is 13.9. The monoisotopic (exact) mass is 337 g/mol. The molecule has 0 aromatic heterocycles. The lowest BCUT2D eigenvalue weighted by molar-refractivity contribution is -0.120. The Morgan fingerprint density at radius 2 is 1.68 bits per heavy atom. The summed E-state index contributed by atoms with van der Waals surface area (Å²) in [4.78, 5) is 16.5. The molecule has 1 aliphatic rings. The van der Waals surface area contributed by atoms with Gasteiger partial charge in [0.25, 0.3) is 0 Å². The fraction of sp³-hybridized carbons (Fsp3) is 0.300. The first kappa shape index (κ1) is 17.1. The lowest BCUT2D eigenvalue weighted by atomic mass is 9.96. The number of rotatable bonds is 5. The van der Waals surface area contributed by atoms with Crippen LogP contribution in [0.2, 0.25) is 0 Å². The first-order chi connectivity index (χ1) is 12.2. The van der Waals surface area contributed by atoms with E-state index in [2.05, 4.69) is 6.07 Å². The van der Waals surface area contributed by atoms with Crippen molar-refractivity contribution in [3.05, 3.63) is 66.0 Å². The maximum Gasteiger partial charge on any atom is 0.168 e. The number of hydrogen-bond donors (Lipinski definition) is 0. The van der Waals surface area contributed by atoms with Crippen molar-refractivity contribution >= 4 is 11.5 Å². The standard InChI is InChI=1S/C20H20FN3O/c21-18-8-4-5-9-19(18)24-12-10-23(11-13-24)15-20(25)17(14-22)16-6-2-1-3-7-16/h1-9,17H,10-13,15H2/t17-/m1/s1. The smallest absolute Gasteiger partial charge is 0.168 e. The third kappa shape index (κ3) is 4.04. The summed E-state index contributed by atoms with van der Waals surface area (Å²) in [5.74, 6) is -1.04. The topological polar surface area (TPSA) is 47.3 Å². The number of nitrogens with zero attached hydrogens (tertiary/aromatic N) is 3. The van der Waals surface area contributed by atoms with Crippen LogP contribution in [0.5, 0.6) is 0 Å². The second-order valence-corrected chi connectivity index (χ2v) is 6.15. The summed E-state index contributed by atoms with van der Waals surface area (Å²) in [6.45, 7) is 2.92. The van der Waals surface area contributed by atoms with Crippen molar-refractivity contribution < 1.29 is 9.18 Å². The van der Waals surface area contributed by atoms with Gasteiger partial charge in [0.05, 0.1) is 18.3 Å². The molecule has 0 N–H and O–H groups in total. The summed E-state index contributed by atoms with van der Waals surface area (Å²) in [5.41, 5.74) is 1.34. The van der Waals surface area contributed by atoms with Crippen LogP contribution in [0.15, 0.2) is 54.6 Å². The number of hydrogen-bond acceptors (Lipinski definition) is 4. The van der Waals surface area contributed by atoms with Crippen LogP contribution in [0, 0.1) is 17.1 Å². The van der Waals surface area contributed by atoms with Crippen molar-refractivity contribution in [3.8, 4) is 6.07 Å². The molecule has 1 saturated heterocycles. The van der Waals surface area contributed by atoms with Crippen molar-refractivity contribution in [2.24, 2.45) is 0 Å². The molecule has 1 fully saturated rings. The molecule has 3 rings (SSSR count). The Morgan fingerprint density at radius 3 is 2.32 bits per heavy atom. The van der Waals surface area contributed by atoms with Gasteiger partial charge in [-0.1, -0.05) is 42.5 Å². The van der Waals surface area contributed by atoms with Crippen LogP contribution in [0.3, 0.4) is 0 Å². The van der Waals surface area contributed by atoms with Crippen molar-refractivity contribution in [1.82, 2.24) is 4.90 Å². The van der Waals surface area contributed by atoms with E-state index in [4.69, 9.17) is 0 Å². The molecule has 4 nitrogen and oxygen atoms in total. The van der Waals surface area contributed by atoms with Crippen LogP contribution in [0.1, 0.15) is 11.5 Å². The maximum absolute atomic E-state index is 13.9. The Morgan fingerprint density at radius 1 is 1.04 bits per heavy atom. The molecule has 1 atom stereocenters. The summed E-state index contributed by atoms with van der Waals surface area (Å²) in [6.07, 6.45) is 0. The van der Waals surface area contributed by atoms with Crippen LogP contribution in [0.4, 0.5) is 10.1 Å². The lowest BCUT2D eigenvalue weighted by Crippen LogP contribution is -2.48. The highest BCUT2D eigenvalue weighted by Crippen LogP contribution is 2.21. The Labute approximate surface area is 147 Å². The van der Waals surface area contributed by atoms with Crippen LogP contribution in [-0.4, -0.2) is 43.4 Å². The molecule has 0 spiro atoms. The highest BCUT2D eigenvalue weighted by Gasteiger charge is 2.25. The van der Waals surface area contributed by atoms with E-state index < -0.39 is 5.92 Å². The van der Waals surface area contributed by atoms with E-state index in [1.165, 1.54) is 6.07 Å². The number of anilines is 1. The van der Waals surface area contributed by atoms with Gasteiger partial charge in [-0.2, -0.15) is 5.26 Å². The average molecular weight is 337 g/mol. The van der Waals surface area contributed by atoms with E-state index >= 15 is 0 Å². The first-order valence-corrected chi connectivity index (χ1v) is 8.38. The Kier molecular flexibility index (Phi) is 5.42. The molecule has 0 saturated carbocycles. The fourth-order valence-corrected chi connectivity index (χ4v) is 3.14. The van der Waals surface area contributed by atoms with E-state index in [0.717, 1.165) is 5.56 Å². The Balaban J connectivity index is 1.58. The summed E-state index contributed by atoms with van der Waals surface area (Å²) in [5, 5.41) is 9.36. The second-order valence-electron chi connectivity index (χ2n) is 6.15. The van der Waals surface area contributed by atoms with Crippen LogP contribution >= 0.6 is 0 Å². The molecule has 128 valence electrons. The molecule has 0 unspecified atom stereocenters. The zero-order chi connectivity index (χ0) is 17.6. The molecule has 2 aromatic carbocycles. The van der Waals surface area contributed by atoms with Crippen LogP contribution in [0.25, 0.3) is 0 Å². The molecule has 0 aliphatic carbocycles. The van der Waals surface area contributed by atoms with Gasteiger partial charge in [0.2, 0.25) is 0 Å². The van der Waals surface area contributed by atoms with Crippen molar-refractivity contribution in [1.29, 1.82) is 5.26 Å². The molecule has 0 bridgehead atoms. The molecule has 0 amide bonds. The van der Waals surface area contributed by atoms with Gasteiger partial charge >= 0.3 is 0 Å². The predicted molar refractivity (Wildman–Crippen MR) is 94.9 cm³/mol. The van der Waals surface area contributed by atoms with E-state index in [1.54, 1.807) is 12.1 Å². The minimum Gasteiger partial charge on any atom is -0.367 e. The van der Waals surface area contributed by atoms with E-state index in [1.807, 2.05) is 46.2 Å². The second kappa shape index (κ2) is 7.91. The van der Waals surface area contributed by atoms with Crippen molar-refractivity contribution in [2.45, 2.75) is 5.92 Å². The Bertz CT molecular complexity index is 764. The van der Waals surface area contributed by atoms with E-state index in [9.17, 15) is 14.4 Å². The lowest BCUT2D eigenvalue weighted by Gasteiger charge is -2.36. The average Bonchev–Trinajstić information content (AvgIpc) is 2.64. The van der Waals surface area contributed by atoms with Crippen molar-refractivity contribution in [3.63, 3.8) is 0 Å². The van der Waals surface area contributed by atoms with Crippen LogP contribution in [-0.2, 0) is 4.79 Å². The number of carbonyl (C=O) groups excluding carboxylic acids is 1. The summed E-state index contributed by atoms with van der Waals surface area (Å²) < 4.78 is 13.9. The summed E-state index contributed by atoms with van der Waals surface area (Å²) >= 11 is 0. The summed E-state index contributed by atoms with van der Waals surface area (Å²) in [7, 11) is 0. The van der Waals surface area contributed by atoms with E-state index in [0.29, 0.717) is 31.9 Å². The molecule has 0 radical (unpaired) electrons. The molecular formula is C20H20FN3O. The minimum absolute atomic E-state index is 0.0898. The first-order valence-electron chi connectivity index (χ1n) is 8.38. The predicted octanol–water partition coefficient (Wildman–Crippen LogP) is 2.82. The van der Waals surface area contributed by atoms with Gasteiger partial charge in [0, 0.05) is 26.2 Å². The number of carbonyl (C=O) groups is 1. The molecule has 2 aromatic rings. The van der Waals surface area contributed by atoms with Gasteiger partial charge in [-0.15, -0.1) is 0 Å². The number of nitriles is 1. The van der Waals surface area contributed by atoms with Gasteiger partial charge < -0.3 is 4.90 Å². The Hall–Kier alpha value is -2.71. The SMILES string of the molecule is N#C[C@@H](C(=O)CN1CCN(c2ccccc2F)CC1)c1ccccc1. The largest absolute Gasteiger partial charge is 0.367 e. The fourth-order valence-electron chi connectivity index (χ4n) is 3.14. The number of ketones is 1. The van der Waals surface area contributed by atoms with Crippen molar-refractivity contribution in [2.75, 3.05) is 37.6 Å². The number of para-hydroxylation sites is 1. The normalized spacial score (nSPS) is 16.2. The quantitative estimate of drug-likeness (QED) is 0.842. The highest BCUT2D eigenvalue weighted by molar-refractivity contribution is 5.90. The van der Waals surface area contributed by atoms with Gasteiger partial charge in [0.15, 0.2) is 5.78 Å².